The molecule has 0 saturated carbocycles. The molecule has 0 aliphatic carbocycles. The maximum Gasteiger partial charge on any atom is 0.240 e. The Kier molecular flexibility index (Phi) is 4.85. The standard InChI is InChI=1S/C23H27NO3/c1-22(2,3)17-12-10-16(11-13-17)20(25)23(4)14-15-24(21(23)26)18-8-6-7-9-19(18)27-5/h6-13H,14-15H2,1-5H3/t23-/m0/s1. The van der Waals surface area contributed by atoms with E-state index in [1.807, 2.05) is 48.5 Å². The number of Topliss-reactive ketones (excluding diaryl/α,β-unsaturated/α-hetero) is 1. The molecule has 27 heavy (non-hydrogen) atoms. The van der Waals surface area contributed by atoms with Gasteiger partial charge in [-0.15, -0.1) is 0 Å². The number of carbonyl (C=O) groups excluding carboxylic acids is 2. The molecule has 1 amide bonds. The second-order valence-corrected chi connectivity index (χ2v) is 8.37. The molecule has 0 N–H and O–H groups in total. The molecule has 1 atom stereocenters. The van der Waals surface area contributed by atoms with Crippen molar-refractivity contribution in [3.05, 3.63) is 59.7 Å². The van der Waals surface area contributed by atoms with Gasteiger partial charge in [0.25, 0.3) is 0 Å². The molecule has 0 spiro atoms. The predicted octanol–water partition coefficient (Wildman–Crippen LogP) is 4.62. The SMILES string of the molecule is COc1ccccc1N1CC[C@@](C)(C(=O)c2ccc(C(C)(C)C)cc2)C1=O. The lowest BCUT2D eigenvalue weighted by atomic mass is 9.79. The maximum absolute atomic E-state index is 13.2. The number of hydrogen-bond acceptors (Lipinski definition) is 3. The van der Waals surface area contributed by atoms with Gasteiger partial charge in [-0.05, 0) is 36.5 Å². The number of methoxy groups -OCH3 is 1. The van der Waals surface area contributed by atoms with Crippen LogP contribution in [0.15, 0.2) is 48.5 Å². The minimum atomic E-state index is -1.05. The van der Waals surface area contributed by atoms with E-state index in [0.717, 1.165) is 5.56 Å². The quantitative estimate of drug-likeness (QED) is 0.587. The Labute approximate surface area is 161 Å². The van der Waals surface area contributed by atoms with Gasteiger partial charge in [0.15, 0.2) is 5.78 Å². The zero-order valence-electron chi connectivity index (χ0n) is 16.7. The largest absolute Gasteiger partial charge is 0.495 e. The van der Waals surface area contributed by atoms with E-state index in [4.69, 9.17) is 4.74 Å². The summed E-state index contributed by atoms with van der Waals surface area (Å²) in [6.45, 7) is 8.66. The fourth-order valence-electron chi connectivity index (χ4n) is 3.58. The Morgan fingerprint density at radius 1 is 1.07 bits per heavy atom. The van der Waals surface area contributed by atoms with Gasteiger partial charge in [0.05, 0.1) is 12.8 Å². The van der Waals surface area contributed by atoms with E-state index in [2.05, 4.69) is 20.8 Å². The van der Waals surface area contributed by atoms with E-state index in [1.54, 1.807) is 18.9 Å². The van der Waals surface area contributed by atoms with Crippen LogP contribution in [0, 0.1) is 5.41 Å². The highest BCUT2D eigenvalue weighted by molar-refractivity contribution is 6.19. The summed E-state index contributed by atoms with van der Waals surface area (Å²) < 4.78 is 5.39. The van der Waals surface area contributed by atoms with Crippen LogP contribution >= 0.6 is 0 Å². The second-order valence-electron chi connectivity index (χ2n) is 8.37. The molecule has 0 bridgehead atoms. The van der Waals surface area contributed by atoms with Crippen LogP contribution in [0.3, 0.4) is 0 Å². The third-order valence-electron chi connectivity index (χ3n) is 5.44. The topological polar surface area (TPSA) is 46.6 Å². The van der Waals surface area contributed by atoms with Crippen molar-refractivity contribution in [3.63, 3.8) is 0 Å². The monoisotopic (exact) mass is 365 g/mol. The van der Waals surface area contributed by atoms with Crippen molar-refractivity contribution in [1.29, 1.82) is 0 Å². The fraction of sp³-hybridized carbons (Fsp3) is 0.391. The first-order valence-electron chi connectivity index (χ1n) is 9.29. The van der Waals surface area contributed by atoms with Gasteiger partial charge in [0.2, 0.25) is 5.91 Å². The van der Waals surface area contributed by atoms with Crippen LogP contribution in [-0.2, 0) is 10.2 Å². The number of carbonyl (C=O) groups is 2. The molecule has 2 aromatic rings. The van der Waals surface area contributed by atoms with E-state index in [0.29, 0.717) is 30.0 Å². The predicted molar refractivity (Wildman–Crippen MR) is 108 cm³/mol. The van der Waals surface area contributed by atoms with Crippen molar-refractivity contribution in [3.8, 4) is 5.75 Å². The van der Waals surface area contributed by atoms with Crippen LogP contribution < -0.4 is 9.64 Å². The summed E-state index contributed by atoms with van der Waals surface area (Å²) in [5.74, 6) is 0.347. The molecule has 3 rings (SSSR count). The summed E-state index contributed by atoms with van der Waals surface area (Å²) in [5, 5.41) is 0. The summed E-state index contributed by atoms with van der Waals surface area (Å²) >= 11 is 0. The first-order valence-corrected chi connectivity index (χ1v) is 9.29. The smallest absolute Gasteiger partial charge is 0.240 e. The lowest BCUT2D eigenvalue weighted by Gasteiger charge is -2.24. The van der Waals surface area contributed by atoms with E-state index in [1.165, 1.54) is 0 Å². The van der Waals surface area contributed by atoms with Crippen LogP contribution in [0.1, 0.15) is 50.0 Å². The van der Waals surface area contributed by atoms with Gasteiger partial charge in [-0.25, -0.2) is 0 Å². The summed E-state index contributed by atoms with van der Waals surface area (Å²) in [4.78, 5) is 28.0. The van der Waals surface area contributed by atoms with Gasteiger partial charge in [-0.2, -0.15) is 0 Å². The molecule has 1 aliphatic rings. The number of rotatable bonds is 4. The first-order chi connectivity index (χ1) is 12.7. The molecule has 0 aromatic heterocycles. The molecule has 4 heteroatoms. The van der Waals surface area contributed by atoms with Gasteiger partial charge >= 0.3 is 0 Å². The number of ether oxygens (including phenoxy) is 1. The van der Waals surface area contributed by atoms with E-state index in [-0.39, 0.29) is 17.1 Å². The number of amides is 1. The molecule has 1 heterocycles. The van der Waals surface area contributed by atoms with Crippen molar-refractivity contribution in [1.82, 2.24) is 0 Å². The van der Waals surface area contributed by atoms with Crippen LogP contribution in [0.25, 0.3) is 0 Å². The highest BCUT2D eigenvalue weighted by Crippen LogP contribution is 2.40. The molecular weight excluding hydrogens is 338 g/mol. The molecule has 1 aliphatic heterocycles. The van der Waals surface area contributed by atoms with Crippen molar-refractivity contribution in [2.24, 2.45) is 5.41 Å². The van der Waals surface area contributed by atoms with Crippen LogP contribution in [-0.4, -0.2) is 25.3 Å². The average Bonchev–Trinajstić information content (AvgIpc) is 2.96. The van der Waals surface area contributed by atoms with Gasteiger partial charge in [-0.3, -0.25) is 9.59 Å². The molecule has 0 radical (unpaired) electrons. The van der Waals surface area contributed by atoms with Crippen LogP contribution in [0.4, 0.5) is 5.69 Å². The Hall–Kier alpha value is -2.62. The minimum Gasteiger partial charge on any atom is -0.495 e. The lowest BCUT2D eigenvalue weighted by molar-refractivity contribution is -0.122. The Bertz CT molecular complexity index is 864. The van der Waals surface area contributed by atoms with Gasteiger partial charge in [0.1, 0.15) is 11.2 Å². The zero-order chi connectivity index (χ0) is 19.8. The third-order valence-corrected chi connectivity index (χ3v) is 5.44. The van der Waals surface area contributed by atoms with E-state index < -0.39 is 5.41 Å². The number of hydrogen-bond donors (Lipinski definition) is 0. The molecule has 142 valence electrons. The van der Waals surface area contributed by atoms with Crippen molar-refractivity contribution >= 4 is 17.4 Å². The number of nitrogens with zero attached hydrogens (tertiary/aromatic N) is 1. The summed E-state index contributed by atoms with van der Waals surface area (Å²) in [5.41, 5.74) is 1.43. The van der Waals surface area contributed by atoms with Crippen LogP contribution in [0.2, 0.25) is 0 Å². The minimum absolute atomic E-state index is 0.0231. The molecule has 2 aromatic carbocycles. The summed E-state index contributed by atoms with van der Waals surface area (Å²) in [6, 6.07) is 15.1. The number of benzene rings is 2. The van der Waals surface area contributed by atoms with Crippen LogP contribution in [0.5, 0.6) is 5.75 Å². The average molecular weight is 365 g/mol. The lowest BCUT2D eigenvalue weighted by Crippen LogP contribution is -2.38. The highest BCUT2D eigenvalue weighted by atomic mass is 16.5. The molecule has 0 unspecified atom stereocenters. The van der Waals surface area contributed by atoms with Crippen molar-refractivity contribution < 1.29 is 14.3 Å². The van der Waals surface area contributed by atoms with Gasteiger partial charge in [-0.1, -0.05) is 57.2 Å². The number of ketones is 1. The zero-order valence-corrected chi connectivity index (χ0v) is 16.7. The molecule has 1 saturated heterocycles. The Morgan fingerprint density at radius 2 is 1.70 bits per heavy atom. The first kappa shape index (κ1) is 19.2. The number of para-hydroxylation sites is 2. The fourth-order valence-corrected chi connectivity index (χ4v) is 3.58. The second kappa shape index (κ2) is 6.84. The highest BCUT2D eigenvalue weighted by Gasteiger charge is 2.49. The number of anilines is 1. The Balaban J connectivity index is 1.88. The molecular formula is C23H27NO3. The van der Waals surface area contributed by atoms with Crippen molar-refractivity contribution in [2.75, 3.05) is 18.6 Å². The Morgan fingerprint density at radius 3 is 2.30 bits per heavy atom. The van der Waals surface area contributed by atoms with Gasteiger partial charge in [0, 0.05) is 12.1 Å². The van der Waals surface area contributed by atoms with E-state index >= 15 is 0 Å². The van der Waals surface area contributed by atoms with Gasteiger partial charge < -0.3 is 9.64 Å². The third kappa shape index (κ3) is 3.36. The van der Waals surface area contributed by atoms with E-state index in [9.17, 15) is 9.59 Å². The van der Waals surface area contributed by atoms with Crippen molar-refractivity contribution in [2.45, 2.75) is 39.5 Å². The maximum atomic E-state index is 13.2. The normalized spacial score (nSPS) is 20.0. The summed E-state index contributed by atoms with van der Waals surface area (Å²) in [6.07, 6.45) is 0.490. The molecule has 4 nitrogen and oxygen atoms in total. The summed E-state index contributed by atoms with van der Waals surface area (Å²) in [7, 11) is 1.58. The molecule has 1 fully saturated rings.